The van der Waals surface area contributed by atoms with E-state index >= 15 is 0 Å². The van der Waals surface area contributed by atoms with Crippen LogP contribution in [0.3, 0.4) is 0 Å². The molecule has 0 aliphatic heterocycles. The van der Waals surface area contributed by atoms with Gasteiger partial charge in [-0.1, -0.05) is 42.0 Å². The Hall–Kier alpha value is -2.42. The highest BCUT2D eigenvalue weighted by atomic mass is 16.5. The highest BCUT2D eigenvalue weighted by molar-refractivity contribution is 6.18. The van der Waals surface area contributed by atoms with Crippen molar-refractivity contribution in [1.82, 2.24) is 0 Å². The van der Waals surface area contributed by atoms with Crippen LogP contribution >= 0.6 is 0 Å². The second kappa shape index (κ2) is 4.76. The molecular weight excluding hydrogens is 536 g/mol. The van der Waals surface area contributed by atoms with Crippen molar-refractivity contribution in [2.75, 3.05) is 13.7 Å². The molecule has 44 heavy (non-hydrogen) atoms. The van der Waals surface area contributed by atoms with Gasteiger partial charge in [-0.3, -0.25) is 0 Å². The fourth-order valence-corrected chi connectivity index (χ4v) is 21.1. The number of hydrogen-bond donors (Lipinski definition) is 1. The monoisotopic (exact) mass is 568 g/mol. The Morgan fingerprint density at radius 1 is 0.614 bits per heavy atom. The van der Waals surface area contributed by atoms with Crippen molar-refractivity contribution in [3.05, 3.63) is 92.1 Å². The lowest BCUT2D eigenvalue weighted by molar-refractivity contribution is -0.138. The largest absolute Gasteiger partial charge is 0.396 e. The molecule has 18 rings (SSSR count). The minimum atomic E-state index is -0.142. The van der Waals surface area contributed by atoms with Crippen molar-refractivity contribution in [3.63, 3.8) is 0 Å². The second-order valence-electron chi connectivity index (χ2n) is 19.0. The number of ether oxygens (including phenoxy) is 1. The van der Waals surface area contributed by atoms with Crippen molar-refractivity contribution in [2.24, 2.45) is 87.3 Å². The molecule has 6 fully saturated rings. The Morgan fingerprint density at radius 2 is 1.18 bits per heavy atom. The van der Waals surface area contributed by atoms with Gasteiger partial charge < -0.3 is 9.84 Å². The molecular formula is C42H32O2. The maximum atomic E-state index is 11.7. The van der Waals surface area contributed by atoms with Crippen LogP contribution < -0.4 is 0 Å². The minimum absolute atomic E-state index is 0.0575. The fourth-order valence-electron chi connectivity index (χ4n) is 21.1. The Morgan fingerprint density at radius 3 is 1.89 bits per heavy atom. The van der Waals surface area contributed by atoms with Gasteiger partial charge in [-0.15, -0.1) is 0 Å². The zero-order chi connectivity index (χ0) is 27.2. The SMILES string of the molecule is COC12C3C4C=CC5C6C=CC7C8CCC9c%10c8c8c%11c%12c%10C%10C9C=CC9C%10C%10=C%12C%12=C(C4C5C(=C%12%11)C6C87)C31C%101C9C21CO. The molecule has 1 aromatic rings. The lowest BCUT2D eigenvalue weighted by Gasteiger charge is -2.60. The average molecular weight is 569 g/mol. The first-order valence-electron chi connectivity index (χ1n) is 18.5. The summed E-state index contributed by atoms with van der Waals surface area (Å²) in [4.78, 5) is 0. The molecule has 17 aliphatic rings. The van der Waals surface area contributed by atoms with Gasteiger partial charge in [-0.2, -0.15) is 0 Å². The normalized spacial score (nSPS) is 68.0. The molecule has 2 spiro atoms. The van der Waals surface area contributed by atoms with Crippen LogP contribution in [0.5, 0.6) is 0 Å². The Balaban J connectivity index is 1.15. The first-order chi connectivity index (χ1) is 21.8. The lowest BCUT2D eigenvalue weighted by Crippen LogP contribution is -2.60. The van der Waals surface area contributed by atoms with Gasteiger partial charge in [0.05, 0.1) is 12.2 Å². The van der Waals surface area contributed by atoms with Gasteiger partial charge in [-0.25, -0.2) is 0 Å². The molecule has 0 saturated heterocycles. The molecule has 0 heterocycles. The number of aliphatic hydroxyl groups is 1. The summed E-state index contributed by atoms with van der Waals surface area (Å²) in [6.45, 7) is 0.327. The molecule has 1 N–H and O–H groups in total. The van der Waals surface area contributed by atoms with Gasteiger partial charge in [0, 0.05) is 29.3 Å². The average Bonchev–Trinajstić information content (AvgIpc) is 3.48. The van der Waals surface area contributed by atoms with E-state index in [0.717, 1.165) is 29.6 Å². The summed E-state index contributed by atoms with van der Waals surface area (Å²) in [5.74, 6) is 11.0. The Kier molecular flexibility index (Phi) is 2.16. The summed E-state index contributed by atoms with van der Waals surface area (Å²) in [6.07, 6.45) is 19.5. The highest BCUT2D eigenvalue weighted by Gasteiger charge is 3.19. The molecule has 0 radical (unpaired) electrons. The van der Waals surface area contributed by atoms with Crippen LogP contribution in [-0.4, -0.2) is 24.4 Å². The van der Waals surface area contributed by atoms with Crippen molar-refractivity contribution in [2.45, 2.75) is 42.1 Å². The zero-order valence-electron chi connectivity index (χ0n) is 24.7. The van der Waals surface area contributed by atoms with E-state index in [9.17, 15) is 5.11 Å². The van der Waals surface area contributed by atoms with Crippen molar-refractivity contribution < 1.29 is 9.84 Å². The van der Waals surface area contributed by atoms with Crippen molar-refractivity contribution in [1.29, 1.82) is 0 Å². The van der Waals surface area contributed by atoms with E-state index in [0.29, 0.717) is 71.7 Å². The van der Waals surface area contributed by atoms with Crippen LogP contribution in [0, 0.1) is 87.3 Å². The highest BCUT2D eigenvalue weighted by Crippen LogP contribution is 3.16. The summed E-state index contributed by atoms with van der Waals surface area (Å²) in [5.41, 5.74) is 22.8. The number of aliphatic hydroxyl groups excluding tert-OH is 1. The third kappa shape index (κ3) is 1.10. The minimum Gasteiger partial charge on any atom is -0.396 e. The van der Waals surface area contributed by atoms with Crippen LogP contribution in [0.2, 0.25) is 0 Å². The number of allylic oxidation sites excluding steroid dienone is 11. The third-order valence-electron chi connectivity index (χ3n) is 20.3. The van der Waals surface area contributed by atoms with Gasteiger partial charge >= 0.3 is 0 Å². The summed E-state index contributed by atoms with van der Waals surface area (Å²) in [6, 6.07) is 0. The number of rotatable bonds is 2. The molecule has 0 amide bonds. The van der Waals surface area contributed by atoms with Crippen molar-refractivity contribution >= 4 is 11.1 Å². The smallest absolute Gasteiger partial charge is 0.0918 e. The predicted octanol–water partition coefficient (Wildman–Crippen LogP) is 6.24. The Labute approximate surface area is 255 Å². The van der Waals surface area contributed by atoms with Crippen molar-refractivity contribution in [3.8, 4) is 0 Å². The van der Waals surface area contributed by atoms with Gasteiger partial charge in [0.1, 0.15) is 0 Å². The molecule has 0 aromatic heterocycles. The van der Waals surface area contributed by atoms with E-state index in [1.807, 2.05) is 66.8 Å². The molecule has 0 bridgehead atoms. The second-order valence-corrected chi connectivity index (χ2v) is 19.0. The molecule has 2 heteroatoms. The predicted molar refractivity (Wildman–Crippen MR) is 161 cm³/mol. The van der Waals surface area contributed by atoms with Crippen LogP contribution in [0.1, 0.15) is 69.9 Å². The Bertz CT molecular complexity index is 2260. The topological polar surface area (TPSA) is 29.5 Å². The van der Waals surface area contributed by atoms with E-state index in [-0.39, 0.29) is 21.8 Å². The summed E-state index contributed by atoms with van der Waals surface area (Å²) in [5, 5.41) is 11.7. The van der Waals surface area contributed by atoms with E-state index in [1.165, 1.54) is 12.8 Å². The van der Waals surface area contributed by atoms with Crippen LogP contribution in [-0.2, 0) is 4.74 Å². The van der Waals surface area contributed by atoms with E-state index in [4.69, 9.17) is 4.74 Å². The fraction of sp³-hybridized carbons (Fsp3) is 0.571. The summed E-state index contributed by atoms with van der Waals surface area (Å²) >= 11 is 0. The molecule has 17 aliphatic carbocycles. The summed E-state index contributed by atoms with van der Waals surface area (Å²) in [7, 11) is 2.05. The number of hydrogen-bond acceptors (Lipinski definition) is 2. The van der Waals surface area contributed by atoms with E-state index in [1.54, 1.807) is 0 Å². The summed E-state index contributed by atoms with van der Waals surface area (Å²) < 4.78 is 7.02. The number of benzene rings is 1. The number of fused-ring (bicyclic) bond motifs is 8. The van der Waals surface area contributed by atoms with Gasteiger partial charge in [0.25, 0.3) is 0 Å². The first-order valence-corrected chi connectivity index (χ1v) is 18.5. The maximum Gasteiger partial charge on any atom is 0.0918 e. The molecule has 20 atom stereocenters. The molecule has 212 valence electrons. The molecule has 6 saturated carbocycles. The zero-order valence-corrected chi connectivity index (χ0v) is 24.7. The van der Waals surface area contributed by atoms with Crippen LogP contribution in [0.25, 0.3) is 11.1 Å². The maximum absolute atomic E-state index is 11.7. The molecule has 2 nitrogen and oxygen atoms in total. The quantitative estimate of drug-likeness (QED) is 0.429. The standard InChI is InChI=1S/C42H32O2/c1-44-42-38-18-9-7-16-14-5-3-12-11-2-4-13-15-6-8-17-25-23(15)28-21(13)19(11)27-20(12)22(14)29-24(16)26(18)36-34-32(29)30(27)31(28)33(34)35(25)40(41(36,38)42)37(17)39(40,42)10-43/h3,5-9,11-18,20,22-26,37-38,43H,2,4,10H2,1H3. The van der Waals surface area contributed by atoms with Crippen LogP contribution in [0.15, 0.2) is 58.7 Å². The molecule has 20 unspecified atom stereocenters. The van der Waals surface area contributed by atoms with Gasteiger partial charge in [0.2, 0.25) is 0 Å². The van der Waals surface area contributed by atoms with Gasteiger partial charge in [-0.05, 0) is 163 Å². The first kappa shape index (κ1) is 20.0. The third-order valence-corrected chi connectivity index (χ3v) is 20.3. The van der Waals surface area contributed by atoms with E-state index in [2.05, 4.69) is 43.6 Å². The van der Waals surface area contributed by atoms with Crippen LogP contribution in [0.4, 0.5) is 0 Å². The number of methoxy groups -OCH3 is 1. The van der Waals surface area contributed by atoms with E-state index < -0.39 is 0 Å². The van der Waals surface area contributed by atoms with Gasteiger partial charge in [0.15, 0.2) is 0 Å². The molecule has 1 aromatic carbocycles. The lowest BCUT2D eigenvalue weighted by atomic mass is 9.45.